The van der Waals surface area contributed by atoms with Gasteiger partial charge in [0, 0.05) is 0 Å². The van der Waals surface area contributed by atoms with Gasteiger partial charge in [-0.05, 0) is 24.2 Å². The molecule has 0 spiro atoms. The molecule has 0 aliphatic heterocycles. The van der Waals surface area contributed by atoms with E-state index in [1.807, 2.05) is 0 Å². The first-order valence-corrected chi connectivity index (χ1v) is 4.70. The fraction of sp³-hybridized carbons (Fsp3) is 1.00. The molecule has 2 atom stereocenters. The summed E-state index contributed by atoms with van der Waals surface area (Å²) in [4.78, 5) is 0. The van der Waals surface area contributed by atoms with Gasteiger partial charge in [-0.2, -0.15) is 0 Å². The standard InChI is InChI=1S/C10H20/c1-8(2)7-10-6-4-5-9(10)3/h8-10H,4-7H2,1-3H3/t9-,10-/m1/s1. The highest BCUT2D eigenvalue weighted by Crippen LogP contribution is 2.35. The van der Waals surface area contributed by atoms with Gasteiger partial charge in [0.05, 0.1) is 0 Å². The molecular weight excluding hydrogens is 120 g/mol. The monoisotopic (exact) mass is 140 g/mol. The molecule has 0 N–H and O–H groups in total. The van der Waals surface area contributed by atoms with Crippen molar-refractivity contribution in [3.63, 3.8) is 0 Å². The summed E-state index contributed by atoms with van der Waals surface area (Å²) in [7, 11) is 0. The molecule has 0 unspecified atom stereocenters. The largest absolute Gasteiger partial charge is 0.0628 e. The van der Waals surface area contributed by atoms with Crippen LogP contribution in [0.15, 0.2) is 0 Å². The van der Waals surface area contributed by atoms with E-state index in [4.69, 9.17) is 0 Å². The quantitative estimate of drug-likeness (QED) is 0.551. The first kappa shape index (κ1) is 8.10. The van der Waals surface area contributed by atoms with Crippen LogP contribution in [0.3, 0.4) is 0 Å². The van der Waals surface area contributed by atoms with Gasteiger partial charge in [-0.1, -0.05) is 40.0 Å². The number of rotatable bonds is 2. The summed E-state index contributed by atoms with van der Waals surface area (Å²) in [6.07, 6.45) is 5.93. The van der Waals surface area contributed by atoms with Gasteiger partial charge >= 0.3 is 0 Å². The third kappa shape index (κ3) is 2.00. The van der Waals surface area contributed by atoms with Crippen LogP contribution in [0, 0.1) is 17.8 Å². The Labute approximate surface area is 65.0 Å². The van der Waals surface area contributed by atoms with Gasteiger partial charge in [0.1, 0.15) is 0 Å². The molecule has 0 nitrogen and oxygen atoms in total. The van der Waals surface area contributed by atoms with Gasteiger partial charge < -0.3 is 0 Å². The normalized spacial score (nSPS) is 33.6. The van der Waals surface area contributed by atoms with Crippen molar-refractivity contribution in [2.24, 2.45) is 17.8 Å². The van der Waals surface area contributed by atoms with E-state index in [0.717, 1.165) is 17.8 Å². The van der Waals surface area contributed by atoms with Gasteiger partial charge in [0.25, 0.3) is 0 Å². The molecule has 0 aromatic heterocycles. The lowest BCUT2D eigenvalue weighted by molar-refractivity contribution is 0.343. The van der Waals surface area contributed by atoms with Crippen molar-refractivity contribution < 1.29 is 0 Å². The summed E-state index contributed by atoms with van der Waals surface area (Å²) in [6, 6.07) is 0. The molecule has 1 aliphatic rings. The Hall–Kier alpha value is 0. The SMILES string of the molecule is CC(C)C[C@H]1CCC[C@H]1C. The highest BCUT2D eigenvalue weighted by atomic mass is 14.3. The Balaban J connectivity index is 2.26. The van der Waals surface area contributed by atoms with Gasteiger partial charge in [0.2, 0.25) is 0 Å². The van der Waals surface area contributed by atoms with E-state index in [1.54, 1.807) is 0 Å². The van der Waals surface area contributed by atoms with Crippen LogP contribution in [0.4, 0.5) is 0 Å². The maximum absolute atomic E-state index is 2.42. The van der Waals surface area contributed by atoms with E-state index < -0.39 is 0 Å². The average molecular weight is 140 g/mol. The third-order valence-electron chi connectivity index (χ3n) is 2.81. The Morgan fingerprint density at radius 3 is 2.40 bits per heavy atom. The number of hydrogen-bond acceptors (Lipinski definition) is 0. The Kier molecular flexibility index (Phi) is 2.76. The minimum atomic E-state index is 0.908. The van der Waals surface area contributed by atoms with Crippen LogP contribution in [0.2, 0.25) is 0 Å². The van der Waals surface area contributed by atoms with Gasteiger partial charge in [-0.15, -0.1) is 0 Å². The molecule has 0 bridgehead atoms. The van der Waals surface area contributed by atoms with Gasteiger partial charge in [-0.3, -0.25) is 0 Å². The van der Waals surface area contributed by atoms with Gasteiger partial charge in [0.15, 0.2) is 0 Å². The molecule has 0 aromatic rings. The molecule has 1 saturated carbocycles. The first-order chi connectivity index (χ1) is 4.70. The average Bonchev–Trinajstić information content (AvgIpc) is 2.15. The predicted molar refractivity (Wildman–Crippen MR) is 46.0 cm³/mol. The van der Waals surface area contributed by atoms with Crippen molar-refractivity contribution in [1.82, 2.24) is 0 Å². The summed E-state index contributed by atoms with van der Waals surface area (Å²) in [5.74, 6) is 2.98. The van der Waals surface area contributed by atoms with E-state index in [2.05, 4.69) is 20.8 Å². The highest BCUT2D eigenvalue weighted by molar-refractivity contribution is 4.74. The molecule has 0 heteroatoms. The van der Waals surface area contributed by atoms with Crippen LogP contribution in [-0.4, -0.2) is 0 Å². The number of hydrogen-bond donors (Lipinski definition) is 0. The van der Waals surface area contributed by atoms with E-state index in [0.29, 0.717) is 0 Å². The summed E-state index contributed by atoms with van der Waals surface area (Å²) in [5, 5.41) is 0. The second kappa shape index (κ2) is 3.41. The summed E-state index contributed by atoms with van der Waals surface area (Å²) in [5.41, 5.74) is 0. The molecule has 0 heterocycles. The zero-order valence-corrected chi connectivity index (χ0v) is 7.56. The van der Waals surface area contributed by atoms with Crippen LogP contribution >= 0.6 is 0 Å². The molecule has 1 fully saturated rings. The van der Waals surface area contributed by atoms with E-state index >= 15 is 0 Å². The molecular formula is C10H20. The minimum Gasteiger partial charge on any atom is -0.0628 e. The van der Waals surface area contributed by atoms with Crippen molar-refractivity contribution in [3.8, 4) is 0 Å². The summed E-state index contributed by atoms with van der Waals surface area (Å²) < 4.78 is 0. The van der Waals surface area contributed by atoms with Crippen molar-refractivity contribution in [3.05, 3.63) is 0 Å². The maximum atomic E-state index is 2.42. The lowest BCUT2D eigenvalue weighted by Crippen LogP contribution is -2.06. The van der Waals surface area contributed by atoms with Crippen molar-refractivity contribution >= 4 is 0 Å². The Morgan fingerprint density at radius 2 is 2.00 bits per heavy atom. The molecule has 0 amide bonds. The van der Waals surface area contributed by atoms with Crippen molar-refractivity contribution in [2.75, 3.05) is 0 Å². The fourth-order valence-electron chi connectivity index (χ4n) is 2.18. The summed E-state index contributed by atoms with van der Waals surface area (Å²) >= 11 is 0. The highest BCUT2D eigenvalue weighted by Gasteiger charge is 2.23. The second-order valence-corrected chi connectivity index (χ2v) is 4.30. The topological polar surface area (TPSA) is 0 Å². The molecule has 10 heavy (non-hydrogen) atoms. The van der Waals surface area contributed by atoms with E-state index in [1.165, 1.54) is 25.7 Å². The van der Waals surface area contributed by atoms with Gasteiger partial charge in [-0.25, -0.2) is 0 Å². The second-order valence-electron chi connectivity index (χ2n) is 4.30. The fourth-order valence-corrected chi connectivity index (χ4v) is 2.18. The van der Waals surface area contributed by atoms with Crippen molar-refractivity contribution in [1.29, 1.82) is 0 Å². The third-order valence-corrected chi connectivity index (χ3v) is 2.81. The molecule has 60 valence electrons. The lowest BCUT2D eigenvalue weighted by atomic mass is 9.89. The molecule has 0 aromatic carbocycles. The zero-order valence-electron chi connectivity index (χ0n) is 7.56. The zero-order chi connectivity index (χ0) is 7.56. The summed E-state index contributed by atoms with van der Waals surface area (Å²) in [6.45, 7) is 7.09. The Bertz CT molecular complexity index is 94.2. The molecule has 0 radical (unpaired) electrons. The smallest absolute Gasteiger partial charge is 0.0386 e. The van der Waals surface area contributed by atoms with E-state index in [-0.39, 0.29) is 0 Å². The van der Waals surface area contributed by atoms with Crippen LogP contribution in [0.5, 0.6) is 0 Å². The first-order valence-electron chi connectivity index (χ1n) is 4.70. The molecule has 1 rings (SSSR count). The molecule has 0 saturated heterocycles. The Morgan fingerprint density at radius 1 is 1.30 bits per heavy atom. The molecule has 1 aliphatic carbocycles. The van der Waals surface area contributed by atoms with Crippen LogP contribution in [0.1, 0.15) is 46.5 Å². The lowest BCUT2D eigenvalue weighted by Gasteiger charge is -2.16. The van der Waals surface area contributed by atoms with Crippen LogP contribution < -0.4 is 0 Å². The minimum absolute atomic E-state index is 0.908. The van der Waals surface area contributed by atoms with Crippen LogP contribution in [0.25, 0.3) is 0 Å². The van der Waals surface area contributed by atoms with Crippen LogP contribution in [-0.2, 0) is 0 Å². The maximum Gasteiger partial charge on any atom is -0.0386 e. The predicted octanol–water partition coefficient (Wildman–Crippen LogP) is 3.47. The van der Waals surface area contributed by atoms with E-state index in [9.17, 15) is 0 Å². The van der Waals surface area contributed by atoms with Crippen molar-refractivity contribution in [2.45, 2.75) is 46.5 Å².